The summed E-state index contributed by atoms with van der Waals surface area (Å²) in [4.78, 5) is 12.8. The highest BCUT2D eigenvalue weighted by Crippen LogP contribution is 2.35. The fraction of sp³-hybridized carbons (Fsp3) is 0.214. The Kier molecular flexibility index (Phi) is 3.46. The first-order valence-corrected chi connectivity index (χ1v) is 8.78. The zero-order chi connectivity index (χ0) is 15.0. The maximum atomic E-state index is 12.8. The van der Waals surface area contributed by atoms with Gasteiger partial charge in [0.05, 0.1) is 11.4 Å². The molecule has 1 aromatic heterocycles. The van der Waals surface area contributed by atoms with Gasteiger partial charge in [-0.25, -0.2) is 8.42 Å². The van der Waals surface area contributed by atoms with Crippen molar-refractivity contribution in [2.45, 2.75) is 17.6 Å². The topological polar surface area (TPSA) is 66.5 Å². The number of rotatable bonds is 3. The Hall–Kier alpha value is -1.86. The van der Waals surface area contributed by atoms with Gasteiger partial charge in [-0.3, -0.25) is 9.10 Å². The number of anilines is 2. The first-order chi connectivity index (χ1) is 10.0. The summed E-state index contributed by atoms with van der Waals surface area (Å²) in [5.41, 5.74) is 1.02. The molecule has 0 aliphatic carbocycles. The SMILES string of the molecule is CCc1ccc(S(=O)(=O)N2CC(=O)Nc3ccccc32)s1. The lowest BCUT2D eigenvalue weighted by molar-refractivity contribution is -0.115. The van der Waals surface area contributed by atoms with Gasteiger partial charge < -0.3 is 5.32 Å². The van der Waals surface area contributed by atoms with Crippen molar-refractivity contribution in [2.24, 2.45) is 0 Å². The molecule has 1 aliphatic rings. The van der Waals surface area contributed by atoms with Crippen LogP contribution in [-0.2, 0) is 21.2 Å². The second kappa shape index (κ2) is 5.16. The highest BCUT2D eigenvalue weighted by Gasteiger charge is 2.33. The van der Waals surface area contributed by atoms with Gasteiger partial charge in [0.1, 0.15) is 10.8 Å². The average Bonchev–Trinajstić information content (AvgIpc) is 2.96. The smallest absolute Gasteiger partial charge is 0.274 e. The second-order valence-corrected chi connectivity index (χ2v) is 7.91. The van der Waals surface area contributed by atoms with Crippen molar-refractivity contribution in [1.82, 2.24) is 0 Å². The van der Waals surface area contributed by atoms with Gasteiger partial charge in [0.15, 0.2) is 0 Å². The van der Waals surface area contributed by atoms with E-state index < -0.39 is 10.0 Å². The molecule has 2 heterocycles. The standard InChI is InChI=1S/C14H14N2O3S2/c1-2-10-7-8-14(20-10)21(18,19)16-9-13(17)15-11-5-3-4-6-12(11)16/h3-8H,2,9H2,1H3,(H,15,17). The van der Waals surface area contributed by atoms with E-state index in [4.69, 9.17) is 0 Å². The molecular weight excluding hydrogens is 308 g/mol. The van der Waals surface area contributed by atoms with E-state index in [0.717, 1.165) is 11.3 Å². The minimum absolute atomic E-state index is 0.196. The third kappa shape index (κ3) is 2.43. The van der Waals surface area contributed by atoms with Gasteiger partial charge in [-0.1, -0.05) is 19.1 Å². The van der Waals surface area contributed by atoms with Crippen molar-refractivity contribution in [3.63, 3.8) is 0 Å². The van der Waals surface area contributed by atoms with E-state index in [1.807, 2.05) is 13.0 Å². The van der Waals surface area contributed by atoms with Crippen molar-refractivity contribution in [3.05, 3.63) is 41.3 Å². The van der Waals surface area contributed by atoms with Crippen LogP contribution in [0.15, 0.2) is 40.6 Å². The molecule has 0 spiro atoms. The van der Waals surface area contributed by atoms with Crippen molar-refractivity contribution in [3.8, 4) is 0 Å². The molecule has 3 rings (SSSR count). The molecule has 110 valence electrons. The van der Waals surface area contributed by atoms with E-state index in [9.17, 15) is 13.2 Å². The summed E-state index contributed by atoms with van der Waals surface area (Å²) in [6, 6.07) is 10.3. The number of fused-ring (bicyclic) bond motifs is 1. The molecule has 2 aromatic rings. The fourth-order valence-electron chi connectivity index (χ4n) is 2.21. The molecule has 0 radical (unpaired) electrons. The minimum atomic E-state index is -3.71. The molecule has 0 atom stereocenters. The maximum Gasteiger partial charge on any atom is 0.274 e. The Labute approximate surface area is 127 Å². The van der Waals surface area contributed by atoms with Crippen LogP contribution in [0.25, 0.3) is 0 Å². The number of nitrogens with one attached hydrogen (secondary N) is 1. The lowest BCUT2D eigenvalue weighted by Gasteiger charge is -2.29. The van der Waals surface area contributed by atoms with Crippen molar-refractivity contribution < 1.29 is 13.2 Å². The van der Waals surface area contributed by atoms with Crippen LogP contribution < -0.4 is 9.62 Å². The zero-order valence-corrected chi connectivity index (χ0v) is 13.0. The summed E-state index contributed by atoms with van der Waals surface area (Å²) in [6.07, 6.45) is 0.789. The molecule has 21 heavy (non-hydrogen) atoms. The molecule has 1 N–H and O–H groups in total. The molecule has 7 heteroatoms. The summed E-state index contributed by atoms with van der Waals surface area (Å²) >= 11 is 1.25. The van der Waals surface area contributed by atoms with Gasteiger partial charge in [-0.2, -0.15) is 0 Å². The van der Waals surface area contributed by atoms with Gasteiger partial charge in [0, 0.05) is 4.88 Å². The molecule has 1 aliphatic heterocycles. The molecular formula is C14H14N2O3S2. The summed E-state index contributed by atoms with van der Waals surface area (Å²) in [5.74, 6) is -0.329. The van der Waals surface area contributed by atoms with Crippen LogP contribution in [0.3, 0.4) is 0 Å². The first-order valence-electron chi connectivity index (χ1n) is 6.52. The number of benzene rings is 1. The summed E-state index contributed by atoms with van der Waals surface area (Å²) in [7, 11) is -3.71. The van der Waals surface area contributed by atoms with E-state index in [0.29, 0.717) is 11.4 Å². The fourth-order valence-corrected chi connectivity index (χ4v) is 5.06. The number of nitrogens with zero attached hydrogens (tertiary/aromatic N) is 1. The van der Waals surface area contributed by atoms with Gasteiger partial charge in [0.25, 0.3) is 10.0 Å². The molecule has 0 saturated heterocycles. The highest BCUT2D eigenvalue weighted by molar-refractivity contribution is 7.94. The number of hydrogen-bond donors (Lipinski definition) is 1. The van der Waals surface area contributed by atoms with Gasteiger partial charge in [0.2, 0.25) is 5.91 Å². The summed E-state index contributed by atoms with van der Waals surface area (Å²) < 4.78 is 27.0. The van der Waals surface area contributed by atoms with Crippen LogP contribution in [0.5, 0.6) is 0 Å². The number of sulfonamides is 1. The number of hydrogen-bond acceptors (Lipinski definition) is 4. The Morgan fingerprint density at radius 2 is 2.00 bits per heavy atom. The van der Waals surface area contributed by atoms with Gasteiger partial charge >= 0.3 is 0 Å². The maximum absolute atomic E-state index is 12.8. The Balaban J connectivity index is 2.09. The Morgan fingerprint density at radius 1 is 1.24 bits per heavy atom. The lowest BCUT2D eigenvalue weighted by atomic mass is 10.2. The van der Waals surface area contributed by atoms with Crippen molar-refractivity contribution in [1.29, 1.82) is 0 Å². The quantitative estimate of drug-likeness (QED) is 0.944. The van der Waals surface area contributed by atoms with Crippen LogP contribution in [-0.4, -0.2) is 20.9 Å². The second-order valence-electron chi connectivity index (χ2n) is 4.65. The Morgan fingerprint density at radius 3 is 2.71 bits per heavy atom. The summed E-state index contributed by atoms with van der Waals surface area (Å²) in [6.45, 7) is 1.78. The predicted molar refractivity (Wildman–Crippen MR) is 83.3 cm³/mol. The molecule has 0 saturated carbocycles. The largest absolute Gasteiger partial charge is 0.323 e. The summed E-state index contributed by atoms with van der Waals surface area (Å²) in [5, 5.41) is 2.69. The Bertz CT molecular complexity index is 796. The molecule has 0 fully saturated rings. The average molecular weight is 322 g/mol. The number of carbonyl (C=O) groups is 1. The normalized spacial score (nSPS) is 14.7. The van der Waals surface area contributed by atoms with Crippen LogP contribution in [0.1, 0.15) is 11.8 Å². The first kappa shape index (κ1) is 14.1. The zero-order valence-electron chi connectivity index (χ0n) is 11.4. The third-order valence-electron chi connectivity index (χ3n) is 3.26. The predicted octanol–water partition coefficient (Wildman–Crippen LogP) is 2.46. The van der Waals surface area contributed by atoms with E-state index in [1.54, 1.807) is 30.3 Å². The van der Waals surface area contributed by atoms with E-state index >= 15 is 0 Å². The molecule has 5 nitrogen and oxygen atoms in total. The number of carbonyl (C=O) groups excluding carboxylic acids is 1. The van der Waals surface area contributed by atoms with Crippen LogP contribution in [0.2, 0.25) is 0 Å². The molecule has 1 aromatic carbocycles. The number of para-hydroxylation sites is 2. The van der Waals surface area contributed by atoms with Crippen molar-refractivity contribution in [2.75, 3.05) is 16.2 Å². The molecule has 0 unspecified atom stereocenters. The molecule has 1 amide bonds. The molecule has 0 bridgehead atoms. The van der Waals surface area contributed by atoms with Crippen molar-refractivity contribution >= 4 is 38.6 Å². The van der Waals surface area contributed by atoms with Crippen LogP contribution >= 0.6 is 11.3 Å². The minimum Gasteiger partial charge on any atom is -0.323 e. The van der Waals surface area contributed by atoms with E-state index in [-0.39, 0.29) is 16.7 Å². The number of aryl methyl sites for hydroxylation is 1. The highest BCUT2D eigenvalue weighted by atomic mass is 32.2. The van der Waals surface area contributed by atoms with Crippen LogP contribution in [0, 0.1) is 0 Å². The van der Waals surface area contributed by atoms with Gasteiger partial charge in [-0.05, 0) is 30.7 Å². The number of amides is 1. The lowest BCUT2D eigenvalue weighted by Crippen LogP contribution is -2.41. The van der Waals surface area contributed by atoms with Crippen LogP contribution in [0.4, 0.5) is 11.4 Å². The van der Waals surface area contributed by atoms with E-state index in [2.05, 4.69) is 5.32 Å². The number of thiophene rings is 1. The third-order valence-corrected chi connectivity index (χ3v) is 6.72. The van der Waals surface area contributed by atoms with E-state index in [1.165, 1.54) is 15.6 Å². The monoisotopic (exact) mass is 322 g/mol. The van der Waals surface area contributed by atoms with Gasteiger partial charge in [-0.15, -0.1) is 11.3 Å².